The van der Waals surface area contributed by atoms with Crippen LogP contribution in [0.1, 0.15) is 19.4 Å². The van der Waals surface area contributed by atoms with Crippen LogP contribution in [0.2, 0.25) is 0 Å². The summed E-state index contributed by atoms with van der Waals surface area (Å²) in [7, 11) is 3.86. The fourth-order valence-electron chi connectivity index (χ4n) is 3.07. The summed E-state index contributed by atoms with van der Waals surface area (Å²) in [6.45, 7) is 6.11. The second kappa shape index (κ2) is 11.0. The van der Waals surface area contributed by atoms with Gasteiger partial charge in [0.15, 0.2) is 5.96 Å². The third-order valence-corrected chi connectivity index (χ3v) is 4.66. The number of nitrogens with one attached hydrogen (secondary N) is 1. The van der Waals surface area contributed by atoms with Crippen molar-refractivity contribution >= 4 is 35.8 Å². The van der Waals surface area contributed by atoms with Crippen molar-refractivity contribution < 1.29 is 13.2 Å². The summed E-state index contributed by atoms with van der Waals surface area (Å²) in [6.07, 6.45) is -2.45. The van der Waals surface area contributed by atoms with Gasteiger partial charge in [-0.1, -0.05) is 6.07 Å². The van der Waals surface area contributed by atoms with Gasteiger partial charge in [0, 0.05) is 58.6 Å². The molecule has 0 bridgehead atoms. The molecule has 0 amide bonds. The molecule has 1 aliphatic heterocycles. The van der Waals surface area contributed by atoms with E-state index in [-0.39, 0.29) is 24.0 Å². The van der Waals surface area contributed by atoms with E-state index < -0.39 is 12.2 Å². The van der Waals surface area contributed by atoms with Gasteiger partial charge in [0.05, 0.1) is 6.54 Å². The molecule has 1 atom stereocenters. The number of hydrogen-bond donors (Lipinski definition) is 1. The average molecular weight is 514 g/mol. The molecule has 0 radical (unpaired) electrons. The highest BCUT2D eigenvalue weighted by Gasteiger charge is 2.41. The SMILES string of the molecule is CCNC(=NCc1cccnc1N(C)C)N1CCN(C(C)C(F)(F)F)CC1.I. The summed E-state index contributed by atoms with van der Waals surface area (Å²) < 4.78 is 38.8. The first-order valence-electron chi connectivity index (χ1n) is 9.19. The number of pyridine rings is 1. The lowest BCUT2D eigenvalue weighted by molar-refractivity contribution is -0.181. The number of piperazine rings is 1. The van der Waals surface area contributed by atoms with Crippen molar-refractivity contribution in [2.45, 2.75) is 32.6 Å². The van der Waals surface area contributed by atoms with Crippen molar-refractivity contribution in [1.82, 2.24) is 20.1 Å². The van der Waals surface area contributed by atoms with Gasteiger partial charge in [-0.15, -0.1) is 24.0 Å². The Labute approximate surface area is 182 Å². The van der Waals surface area contributed by atoms with Crippen LogP contribution in [0.25, 0.3) is 0 Å². The van der Waals surface area contributed by atoms with Crippen LogP contribution in [-0.2, 0) is 6.54 Å². The molecule has 10 heteroatoms. The van der Waals surface area contributed by atoms with Crippen LogP contribution in [-0.4, -0.2) is 79.8 Å². The van der Waals surface area contributed by atoms with Crippen LogP contribution in [0.15, 0.2) is 23.3 Å². The van der Waals surface area contributed by atoms with E-state index in [1.54, 1.807) is 6.20 Å². The summed E-state index contributed by atoms with van der Waals surface area (Å²) >= 11 is 0. The predicted molar refractivity (Wildman–Crippen MR) is 117 cm³/mol. The number of halogens is 4. The molecule has 1 fully saturated rings. The number of aromatic nitrogens is 1. The lowest BCUT2D eigenvalue weighted by atomic mass is 10.2. The first kappa shape index (κ1) is 24.7. The number of nitrogens with zero attached hydrogens (tertiary/aromatic N) is 5. The van der Waals surface area contributed by atoms with Crippen LogP contribution < -0.4 is 10.2 Å². The van der Waals surface area contributed by atoms with Gasteiger partial charge in [0.25, 0.3) is 0 Å². The van der Waals surface area contributed by atoms with E-state index >= 15 is 0 Å². The van der Waals surface area contributed by atoms with Gasteiger partial charge in [-0.3, -0.25) is 4.90 Å². The van der Waals surface area contributed by atoms with Crippen molar-refractivity contribution in [2.75, 3.05) is 51.7 Å². The van der Waals surface area contributed by atoms with Gasteiger partial charge in [0.2, 0.25) is 0 Å². The first-order valence-corrected chi connectivity index (χ1v) is 9.19. The molecule has 1 N–H and O–H groups in total. The zero-order valence-corrected chi connectivity index (χ0v) is 19.2. The minimum atomic E-state index is -4.19. The Hall–Kier alpha value is -1.30. The highest BCUT2D eigenvalue weighted by Crippen LogP contribution is 2.25. The Bertz CT molecular complexity index is 630. The Balaban J connectivity index is 0.00000392. The van der Waals surface area contributed by atoms with Crippen LogP contribution >= 0.6 is 24.0 Å². The lowest BCUT2D eigenvalue weighted by Gasteiger charge is -2.39. The van der Waals surface area contributed by atoms with E-state index in [1.807, 2.05) is 43.0 Å². The molecule has 28 heavy (non-hydrogen) atoms. The van der Waals surface area contributed by atoms with E-state index in [0.717, 1.165) is 17.3 Å². The third-order valence-electron chi connectivity index (χ3n) is 4.66. The zero-order valence-electron chi connectivity index (χ0n) is 16.8. The Morgan fingerprint density at radius 3 is 2.46 bits per heavy atom. The standard InChI is InChI=1S/C18H29F3N6.HI/c1-5-22-17(24-13-15-7-6-8-23-16(15)25(3)4)27-11-9-26(10-12-27)14(2)18(19,20)21;/h6-8,14H,5,9-13H2,1-4H3,(H,22,24);1H. The minimum Gasteiger partial charge on any atom is -0.362 e. The number of rotatable bonds is 5. The number of guanidine groups is 1. The molecule has 0 aliphatic carbocycles. The highest BCUT2D eigenvalue weighted by molar-refractivity contribution is 14.0. The molecular formula is C18H30F3IN6. The minimum absolute atomic E-state index is 0. The van der Waals surface area contributed by atoms with Crippen molar-refractivity contribution in [3.8, 4) is 0 Å². The Morgan fingerprint density at radius 2 is 1.93 bits per heavy atom. The second-order valence-corrected chi connectivity index (χ2v) is 6.79. The maximum atomic E-state index is 12.9. The number of hydrogen-bond acceptors (Lipinski definition) is 4. The van der Waals surface area contributed by atoms with E-state index in [0.29, 0.717) is 39.3 Å². The molecule has 160 valence electrons. The summed E-state index contributed by atoms with van der Waals surface area (Å²) in [4.78, 5) is 14.5. The van der Waals surface area contributed by atoms with Crippen molar-refractivity contribution in [2.24, 2.45) is 4.99 Å². The molecule has 1 aromatic rings. The zero-order chi connectivity index (χ0) is 20.0. The molecule has 0 saturated carbocycles. The normalized spacial score (nSPS) is 17.1. The molecule has 1 aromatic heterocycles. The Morgan fingerprint density at radius 1 is 1.29 bits per heavy atom. The molecule has 2 heterocycles. The quantitative estimate of drug-likeness (QED) is 0.372. The van der Waals surface area contributed by atoms with Gasteiger partial charge in [-0.25, -0.2) is 9.98 Å². The maximum Gasteiger partial charge on any atom is 0.403 e. The number of alkyl halides is 3. The van der Waals surface area contributed by atoms with Crippen LogP contribution in [0.5, 0.6) is 0 Å². The summed E-state index contributed by atoms with van der Waals surface area (Å²) in [5.74, 6) is 1.59. The van der Waals surface area contributed by atoms with Gasteiger partial charge in [0.1, 0.15) is 11.9 Å². The molecule has 2 rings (SSSR count). The molecule has 0 aromatic carbocycles. The smallest absolute Gasteiger partial charge is 0.362 e. The first-order chi connectivity index (χ1) is 12.7. The van der Waals surface area contributed by atoms with Crippen molar-refractivity contribution in [3.05, 3.63) is 23.9 Å². The second-order valence-electron chi connectivity index (χ2n) is 6.79. The van der Waals surface area contributed by atoms with Crippen molar-refractivity contribution in [1.29, 1.82) is 0 Å². The molecule has 1 unspecified atom stereocenters. The van der Waals surface area contributed by atoms with E-state index in [9.17, 15) is 13.2 Å². The number of aliphatic imine (C=N–C) groups is 1. The Kier molecular flexibility index (Phi) is 9.75. The highest BCUT2D eigenvalue weighted by atomic mass is 127. The summed E-state index contributed by atoms with van der Waals surface area (Å²) in [5, 5.41) is 3.25. The fraction of sp³-hybridized carbons (Fsp3) is 0.667. The van der Waals surface area contributed by atoms with Gasteiger partial charge < -0.3 is 15.1 Å². The molecule has 6 nitrogen and oxygen atoms in total. The van der Waals surface area contributed by atoms with Crippen LogP contribution in [0, 0.1) is 0 Å². The maximum absolute atomic E-state index is 12.9. The predicted octanol–water partition coefficient (Wildman–Crippen LogP) is 2.80. The topological polar surface area (TPSA) is 47.0 Å². The van der Waals surface area contributed by atoms with E-state index in [2.05, 4.69) is 10.3 Å². The van der Waals surface area contributed by atoms with E-state index in [4.69, 9.17) is 4.99 Å². The fourth-order valence-corrected chi connectivity index (χ4v) is 3.07. The van der Waals surface area contributed by atoms with Crippen LogP contribution in [0.3, 0.4) is 0 Å². The van der Waals surface area contributed by atoms with Gasteiger partial charge >= 0.3 is 6.18 Å². The molecule has 1 aliphatic rings. The lowest BCUT2D eigenvalue weighted by Crippen LogP contribution is -2.56. The van der Waals surface area contributed by atoms with Gasteiger partial charge in [-0.05, 0) is 19.9 Å². The monoisotopic (exact) mass is 514 g/mol. The molecular weight excluding hydrogens is 484 g/mol. The summed E-state index contributed by atoms with van der Waals surface area (Å²) in [5.41, 5.74) is 1.00. The average Bonchev–Trinajstić information content (AvgIpc) is 2.64. The van der Waals surface area contributed by atoms with Gasteiger partial charge in [-0.2, -0.15) is 13.2 Å². The van der Waals surface area contributed by atoms with E-state index in [1.165, 1.54) is 11.8 Å². The largest absolute Gasteiger partial charge is 0.403 e. The molecule has 1 saturated heterocycles. The summed E-state index contributed by atoms with van der Waals surface area (Å²) in [6, 6.07) is 2.44. The van der Waals surface area contributed by atoms with Crippen LogP contribution in [0.4, 0.5) is 19.0 Å². The van der Waals surface area contributed by atoms with Crippen molar-refractivity contribution in [3.63, 3.8) is 0 Å². The molecule has 0 spiro atoms. The number of anilines is 1. The third kappa shape index (κ3) is 6.64.